The second-order valence-corrected chi connectivity index (χ2v) is 5.90. The molecule has 4 aromatic rings. The van der Waals surface area contributed by atoms with Crippen molar-refractivity contribution in [2.45, 2.75) is 0 Å². The van der Waals surface area contributed by atoms with Crippen molar-refractivity contribution in [1.29, 1.82) is 0 Å². The first kappa shape index (κ1) is 15.8. The highest BCUT2D eigenvalue weighted by Gasteiger charge is 2.07. The molecule has 0 saturated carbocycles. The number of anilines is 4. The molecule has 5 heteroatoms. The van der Waals surface area contributed by atoms with Crippen molar-refractivity contribution in [2.75, 3.05) is 16.0 Å². The first-order chi connectivity index (χ1) is 12.8. The van der Waals surface area contributed by atoms with Crippen LogP contribution in [-0.4, -0.2) is 11.0 Å². The number of rotatable bonds is 4. The van der Waals surface area contributed by atoms with Gasteiger partial charge in [0.25, 0.3) is 0 Å². The number of amides is 2. The summed E-state index contributed by atoms with van der Waals surface area (Å²) >= 11 is 0. The summed E-state index contributed by atoms with van der Waals surface area (Å²) in [6.07, 6.45) is 1.79. The van der Waals surface area contributed by atoms with Crippen molar-refractivity contribution in [2.24, 2.45) is 0 Å². The van der Waals surface area contributed by atoms with Gasteiger partial charge in [0.15, 0.2) is 0 Å². The Morgan fingerprint density at radius 2 is 1.35 bits per heavy atom. The molecule has 4 rings (SSSR count). The lowest BCUT2D eigenvalue weighted by atomic mass is 10.2. The number of fused-ring (bicyclic) bond motifs is 1. The SMILES string of the molecule is O=C(Nc1ccc(Nc2ccccc2)cc1)Nc1c[nH]c2ccccc12. The fourth-order valence-corrected chi connectivity index (χ4v) is 2.78. The highest BCUT2D eigenvalue weighted by molar-refractivity contribution is 6.05. The highest BCUT2D eigenvalue weighted by Crippen LogP contribution is 2.23. The molecule has 0 unspecified atom stereocenters. The fraction of sp³-hybridized carbons (Fsp3) is 0. The van der Waals surface area contributed by atoms with Gasteiger partial charge >= 0.3 is 6.03 Å². The number of hydrogen-bond acceptors (Lipinski definition) is 2. The molecule has 2 amide bonds. The number of urea groups is 1. The molecule has 5 nitrogen and oxygen atoms in total. The van der Waals surface area contributed by atoms with Gasteiger partial charge in [-0.2, -0.15) is 0 Å². The molecule has 0 saturated heterocycles. The number of carbonyl (C=O) groups excluding carboxylic acids is 1. The minimum atomic E-state index is -0.279. The lowest BCUT2D eigenvalue weighted by Crippen LogP contribution is -2.19. The van der Waals surface area contributed by atoms with E-state index in [1.807, 2.05) is 78.9 Å². The predicted octanol–water partition coefficient (Wildman–Crippen LogP) is 5.56. The van der Waals surface area contributed by atoms with Gasteiger partial charge in [-0.1, -0.05) is 36.4 Å². The number of H-pyrrole nitrogens is 1. The Kier molecular flexibility index (Phi) is 4.26. The molecule has 0 fully saturated rings. The molecule has 26 heavy (non-hydrogen) atoms. The standard InChI is InChI=1S/C21H18N4O/c26-21(25-20-14-22-19-9-5-4-8-18(19)20)24-17-12-10-16(11-13-17)23-15-6-2-1-3-7-15/h1-14,22-23H,(H2,24,25,26). The number of carbonyl (C=O) groups is 1. The predicted molar refractivity (Wildman–Crippen MR) is 107 cm³/mol. The van der Waals surface area contributed by atoms with Gasteiger partial charge < -0.3 is 20.9 Å². The largest absolute Gasteiger partial charge is 0.359 e. The summed E-state index contributed by atoms with van der Waals surface area (Å²) in [5.74, 6) is 0. The molecule has 0 aliphatic heterocycles. The summed E-state index contributed by atoms with van der Waals surface area (Å²) in [5, 5.41) is 10.0. The van der Waals surface area contributed by atoms with Crippen molar-refractivity contribution in [3.8, 4) is 0 Å². The van der Waals surface area contributed by atoms with Gasteiger partial charge in [-0.25, -0.2) is 4.79 Å². The van der Waals surface area contributed by atoms with Crippen molar-refractivity contribution in [3.05, 3.63) is 85.1 Å². The average Bonchev–Trinajstić information content (AvgIpc) is 3.07. The van der Waals surface area contributed by atoms with Crippen molar-refractivity contribution < 1.29 is 4.79 Å². The first-order valence-electron chi connectivity index (χ1n) is 8.34. The van der Waals surface area contributed by atoms with Crippen molar-refractivity contribution in [3.63, 3.8) is 0 Å². The molecular weight excluding hydrogens is 324 g/mol. The Bertz CT molecular complexity index is 1020. The summed E-state index contributed by atoms with van der Waals surface area (Å²) in [6.45, 7) is 0. The first-order valence-corrected chi connectivity index (χ1v) is 8.34. The van der Waals surface area contributed by atoms with Crippen LogP contribution in [0.15, 0.2) is 85.1 Å². The van der Waals surface area contributed by atoms with Crippen LogP contribution in [0.25, 0.3) is 10.9 Å². The van der Waals surface area contributed by atoms with Gasteiger partial charge in [0, 0.05) is 34.2 Å². The fourth-order valence-electron chi connectivity index (χ4n) is 2.78. The maximum Gasteiger partial charge on any atom is 0.323 e. The van der Waals surface area contributed by atoms with Gasteiger partial charge in [0.2, 0.25) is 0 Å². The lowest BCUT2D eigenvalue weighted by molar-refractivity contribution is 0.262. The van der Waals surface area contributed by atoms with E-state index in [0.717, 1.165) is 33.7 Å². The smallest absolute Gasteiger partial charge is 0.323 e. The third kappa shape index (κ3) is 3.52. The zero-order valence-corrected chi connectivity index (χ0v) is 14.0. The van der Waals surface area contributed by atoms with Crippen LogP contribution < -0.4 is 16.0 Å². The number of hydrogen-bond donors (Lipinski definition) is 4. The second-order valence-electron chi connectivity index (χ2n) is 5.90. The Balaban J connectivity index is 1.40. The monoisotopic (exact) mass is 342 g/mol. The molecule has 0 aliphatic rings. The van der Waals surface area contributed by atoms with E-state index in [-0.39, 0.29) is 6.03 Å². The van der Waals surface area contributed by atoms with E-state index in [2.05, 4.69) is 20.9 Å². The summed E-state index contributed by atoms with van der Waals surface area (Å²) in [4.78, 5) is 15.4. The van der Waals surface area contributed by atoms with E-state index < -0.39 is 0 Å². The van der Waals surface area contributed by atoms with Crippen LogP contribution in [0.1, 0.15) is 0 Å². The van der Waals surface area contributed by atoms with E-state index in [1.54, 1.807) is 6.20 Å². The normalized spacial score (nSPS) is 10.5. The number of benzene rings is 3. The molecule has 1 heterocycles. The lowest BCUT2D eigenvalue weighted by Gasteiger charge is -2.09. The number of nitrogens with one attached hydrogen (secondary N) is 4. The van der Waals surface area contributed by atoms with Crippen LogP contribution in [0.2, 0.25) is 0 Å². The maximum atomic E-state index is 12.2. The van der Waals surface area contributed by atoms with Crippen LogP contribution in [0.5, 0.6) is 0 Å². The minimum Gasteiger partial charge on any atom is -0.359 e. The Labute approximate surface area is 151 Å². The molecule has 0 radical (unpaired) electrons. The van der Waals surface area contributed by atoms with E-state index >= 15 is 0 Å². The molecule has 0 bridgehead atoms. The number of para-hydroxylation sites is 2. The van der Waals surface area contributed by atoms with Crippen molar-refractivity contribution >= 4 is 39.7 Å². The minimum absolute atomic E-state index is 0.279. The van der Waals surface area contributed by atoms with Crippen LogP contribution in [-0.2, 0) is 0 Å². The molecule has 128 valence electrons. The van der Waals surface area contributed by atoms with Crippen LogP contribution in [0, 0.1) is 0 Å². The summed E-state index contributed by atoms with van der Waals surface area (Å²) in [7, 11) is 0. The Morgan fingerprint density at radius 1 is 0.692 bits per heavy atom. The molecule has 0 aliphatic carbocycles. The number of aromatic nitrogens is 1. The van der Waals surface area contributed by atoms with Gasteiger partial charge in [0.05, 0.1) is 5.69 Å². The Hall–Kier alpha value is -3.73. The quantitative estimate of drug-likeness (QED) is 0.392. The number of aromatic amines is 1. The van der Waals surface area contributed by atoms with E-state index in [0.29, 0.717) is 0 Å². The summed E-state index contributed by atoms with van der Waals surface area (Å²) in [6, 6.07) is 25.1. The highest BCUT2D eigenvalue weighted by atomic mass is 16.2. The zero-order valence-electron chi connectivity index (χ0n) is 14.0. The third-order valence-corrected chi connectivity index (χ3v) is 4.04. The van der Waals surface area contributed by atoms with Crippen LogP contribution >= 0.6 is 0 Å². The van der Waals surface area contributed by atoms with Gasteiger partial charge in [0.1, 0.15) is 0 Å². The van der Waals surface area contributed by atoms with E-state index in [1.165, 1.54) is 0 Å². The van der Waals surface area contributed by atoms with Crippen LogP contribution in [0.4, 0.5) is 27.5 Å². The maximum absolute atomic E-state index is 12.2. The summed E-state index contributed by atoms with van der Waals surface area (Å²) < 4.78 is 0. The molecule has 4 N–H and O–H groups in total. The van der Waals surface area contributed by atoms with Crippen LogP contribution in [0.3, 0.4) is 0 Å². The van der Waals surface area contributed by atoms with E-state index in [4.69, 9.17) is 0 Å². The topological polar surface area (TPSA) is 69.0 Å². The molecule has 0 spiro atoms. The molecule has 0 atom stereocenters. The van der Waals surface area contributed by atoms with Gasteiger partial charge in [-0.3, -0.25) is 0 Å². The van der Waals surface area contributed by atoms with E-state index in [9.17, 15) is 4.79 Å². The molecule has 3 aromatic carbocycles. The zero-order chi connectivity index (χ0) is 17.8. The molecule has 1 aromatic heterocycles. The third-order valence-electron chi connectivity index (χ3n) is 4.04. The second kappa shape index (κ2) is 7.03. The van der Waals surface area contributed by atoms with Crippen molar-refractivity contribution in [1.82, 2.24) is 4.98 Å². The average molecular weight is 342 g/mol. The summed E-state index contributed by atoms with van der Waals surface area (Å²) in [5.41, 5.74) is 4.43. The Morgan fingerprint density at radius 3 is 2.15 bits per heavy atom. The molecular formula is C21H18N4O. The van der Waals surface area contributed by atoms with Gasteiger partial charge in [-0.15, -0.1) is 0 Å². The van der Waals surface area contributed by atoms with Gasteiger partial charge in [-0.05, 0) is 42.5 Å².